The predicted octanol–water partition coefficient (Wildman–Crippen LogP) is 4.96. The second-order valence-corrected chi connectivity index (χ2v) is 5.13. The van der Waals surface area contributed by atoms with E-state index >= 15 is 0 Å². The van der Waals surface area contributed by atoms with Gasteiger partial charge in [0.05, 0.1) is 19.6 Å². The van der Waals surface area contributed by atoms with Gasteiger partial charge >= 0.3 is 0 Å². The topological polar surface area (TPSA) is 18.5 Å². The molecule has 0 radical (unpaired) electrons. The Kier molecular flexibility index (Phi) is 4.91. The SMILES string of the molecule is COc1cc(F)c(C(Cl)c2ccc(Cl)cc2OC)c(F)c1. The van der Waals surface area contributed by atoms with E-state index < -0.39 is 17.0 Å². The molecule has 2 aromatic rings. The van der Waals surface area contributed by atoms with E-state index in [1.165, 1.54) is 20.3 Å². The van der Waals surface area contributed by atoms with Crippen LogP contribution in [-0.4, -0.2) is 14.2 Å². The summed E-state index contributed by atoms with van der Waals surface area (Å²) in [5.74, 6) is -1.13. The minimum atomic E-state index is -1.05. The number of alkyl halides is 1. The van der Waals surface area contributed by atoms with Crippen LogP contribution in [0.3, 0.4) is 0 Å². The van der Waals surface area contributed by atoms with Crippen LogP contribution in [0.4, 0.5) is 8.78 Å². The minimum Gasteiger partial charge on any atom is -0.497 e. The number of hydrogen-bond acceptors (Lipinski definition) is 2. The molecule has 0 aliphatic heterocycles. The summed E-state index contributed by atoms with van der Waals surface area (Å²) in [6.45, 7) is 0. The maximum Gasteiger partial charge on any atom is 0.134 e. The summed E-state index contributed by atoms with van der Waals surface area (Å²) in [5.41, 5.74) is 0.157. The third-order valence-electron chi connectivity index (χ3n) is 3.01. The van der Waals surface area contributed by atoms with Crippen molar-refractivity contribution in [2.75, 3.05) is 14.2 Å². The van der Waals surface area contributed by atoms with Gasteiger partial charge < -0.3 is 9.47 Å². The molecule has 0 spiro atoms. The fourth-order valence-corrected chi connectivity index (χ4v) is 2.52. The fraction of sp³-hybridized carbons (Fsp3) is 0.200. The minimum absolute atomic E-state index is 0.0840. The van der Waals surface area contributed by atoms with Gasteiger partial charge in [-0.3, -0.25) is 0 Å². The zero-order valence-electron chi connectivity index (χ0n) is 11.3. The van der Waals surface area contributed by atoms with Crippen LogP contribution >= 0.6 is 23.2 Å². The molecule has 21 heavy (non-hydrogen) atoms. The third kappa shape index (κ3) is 3.22. The maximum absolute atomic E-state index is 14.1. The molecule has 6 heteroatoms. The largest absolute Gasteiger partial charge is 0.497 e. The van der Waals surface area contributed by atoms with Crippen LogP contribution in [-0.2, 0) is 0 Å². The molecule has 0 N–H and O–H groups in total. The summed E-state index contributed by atoms with van der Waals surface area (Å²) in [7, 11) is 2.76. The van der Waals surface area contributed by atoms with Gasteiger partial charge in [0, 0.05) is 28.3 Å². The van der Waals surface area contributed by atoms with Crippen molar-refractivity contribution in [3.8, 4) is 11.5 Å². The summed E-state index contributed by atoms with van der Waals surface area (Å²) in [5, 5.41) is -0.613. The number of halogens is 4. The Labute approximate surface area is 131 Å². The number of ether oxygens (including phenoxy) is 2. The van der Waals surface area contributed by atoms with Gasteiger partial charge in [0.1, 0.15) is 23.1 Å². The Balaban J connectivity index is 2.52. The molecule has 2 rings (SSSR count). The van der Waals surface area contributed by atoms with Gasteiger partial charge in [0.15, 0.2) is 0 Å². The highest BCUT2D eigenvalue weighted by atomic mass is 35.5. The van der Waals surface area contributed by atoms with Crippen LogP contribution in [0, 0.1) is 11.6 Å². The first-order valence-corrected chi connectivity index (χ1v) is 6.79. The molecule has 0 heterocycles. The number of benzene rings is 2. The molecule has 0 saturated carbocycles. The molecular formula is C15H12Cl2F2O2. The molecule has 0 bridgehead atoms. The molecule has 2 nitrogen and oxygen atoms in total. The van der Waals surface area contributed by atoms with Crippen LogP contribution in [0.15, 0.2) is 30.3 Å². The Morgan fingerprint density at radius 1 is 1.00 bits per heavy atom. The maximum atomic E-state index is 14.1. The van der Waals surface area contributed by atoms with Gasteiger partial charge in [-0.25, -0.2) is 8.78 Å². The lowest BCUT2D eigenvalue weighted by Crippen LogP contribution is -2.04. The van der Waals surface area contributed by atoms with Crippen molar-refractivity contribution >= 4 is 23.2 Å². The van der Waals surface area contributed by atoms with E-state index in [2.05, 4.69) is 0 Å². The molecule has 2 aromatic carbocycles. The second kappa shape index (κ2) is 6.50. The number of rotatable bonds is 4. The Morgan fingerprint density at radius 3 is 2.14 bits per heavy atom. The van der Waals surface area contributed by atoms with E-state index in [0.29, 0.717) is 16.3 Å². The first kappa shape index (κ1) is 15.9. The molecular weight excluding hydrogens is 321 g/mol. The van der Waals surface area contributed by atoms with E-state index in [9.17, 15) is 8.78 Å². The lowest BCUT2D eigenvalue weighted by molar-refractivity contribution is 0.403. The smallest absolute Gasteiger partial charge is 0.134 e. The van der Waals surface area contributed by atoms with Crippen molar-refractivity contribution in [2.45, 2.75) is 5.38 Å². The average Bonchev–Trinajstić information content (AvgIpc) is 2.45. The highest BCUT2D eigenvalue weighted by Gasteiger charge is 2.24. The Hall–Kier alpha value is -1.52. The summed E-state index contributed by atoms with van der Waals surface area (Å²) in [6.07, 6.45) is 0. The summed E-state index contributed by atoms with van der Waals surface area (Å²) >= 11 is 12.1. The lowest BCUT2D eigenvalue weighted by atomic mass is 10.0. The molecule has 0 aromatic heterocycles. The third-order valence-corrected chi connectivity index (χ3v) is 3.70. The van der Waals surface area contributed by atoms with Crippen LogP contribution in [0.2, 0.25) is 5.02 Å². The predicted molar refractivity (Wildman–Crippen MR) is 78.6 cm³/mol. The normalized spacial score (nSPS) is 12.1. The first-order chi connectivity index (χ1) is 9.97. The molecule has 112 valence electrons. The van der Waals surface area contributed by atoms with Gasteiger partial charge in [-0.2, -0.15) is 0 Å². The Morgan fingerprint density at radius 2 is 1.62 bits per heavy atom. The fourth-order valence-electron chi connectivity index (χ4n) is 1.97. The summed E-state index contributed by atoms with van der Waals surface area (Å²) < 4.78 is 38.1. The van der Waals surface area contributed by atoms with Crippen molar-refractivity contribution in [2.24, 2.45) is 0 Å². The molecule has 0 amide bonds. The monoisotopic (exact) mass is 332 g/mol. The molecule has 0 saturated heterocycles. The van der Waals surface area contributed by atoms with Gasteiger partial charge in [0.25, 0.3) is 0 Å². The quantitative estimate of drug-likeness (QED) is 0.736. The molecule has 1 unspecified atom stereocenters. The Bertz CT molecular complexity index is 639. The number of methoxy groups -OCH3 is 2. The van der Waals surface area contributed by atoms with Crippen molar-refractivity contribution in [3.05, 3.63) is 58.1 Å². The van der Waals surface area contributed by atoms with Crippen molar-refractivity contribution in [1.82, 2.24) is 0 Å². The zero-order chi connectivity index (χ0) is 15.6. The average molecular weight is 333 g/mol. The highest BCUT2D eigenvalue weighted by Crippen LogP contribution is 2.39. The van der Waals surface area contributed by atoms with Gasteiger partial charge in [-0.05, 0) is 12.1 Å². The van der Waals surface area contributed by atoms with Crippen LogP contribution in [0.25, 0.3) is 0 Å². The van der Waals surface area contributed by atoms with E-state index in [0.717, 1.165) is 12.1 Å². The van der Waals surface area contributed by atoms with Gasteiger partial charge in [0.2, 0.25) is 0 Å². The van der Waals surface area contributed by atoms with E-state index in [1.54, 1.807) is 12.1 Å². The highest BCUT2D eigenvalue weighted by molar-refractivity contribution is 6.30. The lowest BCUT2D eigenvalue weighted by Gasteiger charge is -2.16. The standard InChI is InChI=1S/C15H12Cl2F2O2/c1-20-9-6-11(18)14(12(19)7-9)15(17)10-4-3-8(16)5-13(10)21-2/h3-7,15H,1-2H3. The number of hydrogen-bond donors (Lipinski definition) is 0. The van der Waals surface area contributed by atoms with Crippen molar-refractivity contribution in [3.63, 3.8) is 0 Å². The molecule has 1 atom stereocenters. The van der Waals surface area contributed by atoms with E-state index in [1.807, 2.05) is 0 Å². The molecule has 0 aliphatic rings. The summed E-state index contributed by atoms with van der Waals surface area (Å²) in [6, 6.07) is 6.84. The van der Waals surface area contributed by atoms with Gasteiger partial charge in [-0.15, -0.1) is 11.6 Å². The van der Waals surface area contributed by atoms with Gasteiger partial charge in [-0.1, -0.05) is 17.7 Å². The first-order valence-electron chi connectivity index (χ1n) is 5.98. The molecule has 0 aliphatic carbocycles. The van der Waals surface area contributed by atoms with Crippen molar-refractivity contribution in [1.29, 1.82) is 0 Å². The zero-order valence-corrected chi connectivity index (χ0v) is 12.8. The van der Waals surface area contributed by atoms with E-state index in [-0.39, 0.29) is 11.3 Å². The molecule has 0 fully saturated rings. The van der Waals surface area contributed by atoms with Crippen LogP contribution in [0.1, 0.15) is 16.5 Å². The van der Waals surface area contributed by atoms with Crippen LogP contribution in [0.5, 0.6) is 11.5 Å². The second-order valence-electron chi connectivity index (χ2n) is 4.25. The van der Waals surface area contributed by atoms with Crippen LogP contribution < -0.4 is 9.47 Å². The van der Waals surface area contributed by atoms with E-state index in [4.69, 9.17) is 32.7 Å². The van der Waals surface area contributed by atoms with Crippen molar-refractivity contribution < 1.29 is 18.3 Å². The summed E-state index contributed by atoms with van der Waals surface area (Å²) in [4.78, 5) is 0.